The van der Waals surface area contributed by atoms with E-state index in [9.17, 15) is 0 Å². The number of piperidine rings is 1. The minimum atomic E-state index is 0.129. The van der Waals surface area contributed by atoms with Crippen LogP contribution in [0.3, 0.4) is 0 Å². The highest BCUT2D eigenvalue weighted by Gasteiger charge is 2.35. The first-order valence-corrected chi connectivity index (χ1v) is 7.57. The van der Waals surface area contributed by atoms with Gasteiger partial charge in [-0.2, -0.15) is 5.26 Å². The summed E-state index contributed by atoms with van der Waals surface area (Å²) in [5.74, 6) is 0. The molecule has 0 unspecified atom stereocenters. The maximum atomic E-state index is 9.07. The molecule has 0 spiro atoms. The first-order chi connectivity index (χ1) is 8.72. The number of nitrogens with one attached hydrogen (secondary N) is 1. The molecule has 104 valence electrons. The normalized spacial score (nSPS) is 18.8. The summed E-state index contributed by atoms with van der Waals surface area (Å²) in [5.41, 5.74) is 0.129. The monoisotopic (exact) mass is 251 g/mol. The Morgan fingerprint density at radius 2 is 1.83 bits per heavy atom. The Labute approximate surface area is 113 Å². The van der Waals surface area contributed by atoms with Crippen LogP contribution in [0.2, 0.25) is 0 Å². The van der Waals surface area contributed by atoms with Gasteiger partial charge in [0.2, 0.25) is 0 Å². The minimum Gasteiger partial charge on any atom is -0.314 e. The van der Waals surface area contributed by atoms with E-state index in [-0.39, 0.29) is 5.54 Å². The van der Waals surface area contributed by atoms with Crippen LogP contribution in [0.25, 0.3) is 0 Å². The maximum absolute atomic E-state index is 9.07. The van der Waals surface area contributed by atoms with E-state index in [0.29, 0.717) is 12.5 Å². The fourth-order valence-corrected chi connectivity index (χ4v) is 3.11. The second-order valence-corrected chi connectivity index (χ2v) is 5.48. The number of hydrogen-bond acceptors (Lipinski definition) is 3. The minimum absolute atomic E-state index is 0.129. The second-order valence-electron chi connectivity index (χ2n) is 5.48. The summed E-state index contributed by atoms with van der Waals surface area (Å²) in [7, 11) is 0. The molecule has 3 heteroatoms. The van der Waals surface area contributed by atoms with Gasteiger partial charge in [0.25, 0.3) is 0 Å². The van der Waals surface area contributed by atoms with E-state index in [4.69, 9.17) is 5.26 Å². The molecular weight excluding hydrogens is 222 g/mol. The Kier molecular flexibility index (Phi) is 6.67. The number of hydrogen-bond donors (Lipinski definition) is 1. The summed E-state index contributed by atoms with van der Waals surface area (Å²) in [6, 6.07) is 3.09. The highest BCUT2D eigenvalue weighted by atomic mass is 15.2. The molecule has 0 aromatic carbocycles. The standard InChI is InChI=1S/C15H29N3/c1-4-11-17-14-7-12-18(13-8-14)15(5-2,6-3)9-10-16/h14,17H,4-9,11-13H2,1-3H3. The van der Waals surface area contributed by atoms with Crippen molar-refractivity contribution in [2.24, 2.45) is 0 Å². The lowest BCUT2D eigenvalue weighted by Crippen LogP contribution is -2.53. The van der Waals surface area contributed by atoms with Crippen molar-refractivity contribution in [1.29, 1.82) is 5.26 Å². The molecule has 3 nitrogen and oxygen atoms in total. The molecule has 1 saturated heterocycles. The van der Waals surface area contributed by atoms with Gasteiger partial charge >= 0.3 is 0 Å². The van der Waals surface area contributed by atoms with E-state index in [0.717, 1.165) is 32.5 Å². The zero-order valence-electron chi connectivity index (χ0n) is 12.3. The molecule has 1 heterocycles. The predicted molar refractivity (Wildman–Crippen MR) is 76.4 cm³/mol. The molecule has 0 radical (unpaired) electrons. The zero-order chi connectivity index (χ0) is 13.4. The van der Waals surface area contributed by atoms with Gasteiger partial charge < -0.3 is 5.32 Å². The molecule has 0 aromatic rings. The number of likely N-dealkylation sites (tertiary alicyclic amines) is 1. The summed E-state index contributed by atoms with van der Waals surface area (Å²) in [5, 5.41) is 12.7. The third-order valence-corrected chi connectivity index (χ3v) is 4.57. The predicted octanol–water partition coefficient (Wildman–Crippen LogP) is 2.92. The average molecular weight is 251 g/mol. The van der Waals surface area contributed by atoms with Gasteiger partial charge in [0, 0.05) is 24.7 Å². The van der Waals surface area contributed by atoms with Crippen molar-refractivity contribution in [3.63, 3.8) is 0 Å². The van der Waals surface area contributed by atoms with Gasteiger partial charge in [-0.3, -0.25) is 4.90 Å². The van der Waals surface area contributed by atoms with E-state index >= 15 is 0 Å². The summed E-state index contributed by atoms with van der Waals surface area (Å²) in [6.45, 7) is 10.1. The molecule has 0 atom stereocenters. The molecule has 1 rings (SSSR count). The van der Waals surface area contributed by atoms with Crippen molar-refractivity contribution in [1.82, 2.24) is 10.2 Å². The quantitative estimate of drug-likeness (QED) is 0.756. The van der Waals surface area contributed by atoms with Crippen LogP contribution >= 0.6 is 0 Å². The van der Waals surface area contributed by atoms with Gasteiger partial charge in [0.15, 0.2) is 0 Å². The SMILES string of the molecule is CCCNC1CCN(C(CC)(CC)CC#N)CC1. The van der Waals surface area contributed by atoms with Crippen LogP contribution in [0.15, 0.2) is 0 Å². The first kappa shape index (κ1) is 15.5. The fraction of sp³-hybridized carbons (Fsp3) is 0.933. The summed E-state index contributed by atoms with van der Waals surface area (Å²) < 4.78 is 0. The number of nitriles is 1. The summed E-state index contributed by atoms with van der Waals surface area (Å²) in [6.07, 6.45) is 6.52. The largest absolute Gasteiger partial charge is 0.314 e. The molecule has 0 amide bonds. The molecule has 1 aliphatic heterocycles. The highest BCUT2D eigenvalue weighted by Crippen LogP contribution is 2.30. The third kappa shape index (κ3) is 3.70. The van der Waals surface area contributed by atoms with Crippen molar-refractivity contribution >= 4 is 0 Å². The van der Waals surface area contributed by atoms with Crippen molar-refractivity contribution in [2.75, 3.05) is 19.6 Å². The van der Waals surface area contributed by atoms with Gasteiger partial charge in [-0.25, -0.2) is 0 Å². The van der Waals surface area contributed by atoms with Gasteiger partial charge in [-0.1, -0.05) is 20.8 Å². The Balaban J connectivity index is 2.51. The topological polar surface area (TPSA) is 39.1 Å². The van der Waals surface area contributed by atoms with Crippen LogP contribution in [0.4, 0.5) is 0 Å². The van der Waals surface area contributed by atoms with Gasteiger partial charge in [-0.05, 0) is 38.6 Å². The van der Waals surface area contributed by atoms with E-state index in [1.54, 1.807) is 0 Å². The Bertz CT molecular complexity index is 257. The van der Waals surface area contributed by atoms with Crippen LogP contribution < -0.4 is 5.32 Å². The average Bonchev–Trinajstić information content (AvgIpc) is 2.43. The van der Waals surface area contributed by atoms with Crippen molar-refractivity contribution in [3.8, 4) is 6.07 Å². The second kappa shape index (κ2) is 7.76. The smallest absolute Gasteiger partial charge is 0.0641 e. The Morgan fingerprint density at radius 3 is 2.28 bits per heavy atom. The number of rotatable bonds is 7. The highest BCUT2D eigenvalue weighted by molar-refractivity contribution is 4.97. The van der Waals surface area contributed by atoms with Crippen molar-refractivity contribution in [2.45, 2.75) is 70.9 Å². The maximum Gasteiger partial charge on any atom is 0.0641 e. The zero-order valence-corrected chi connectivity index (χ0v) is 12.3. The van der Waals surface area contributed by atoms with Crippen LogP contribution in [0.1, 0.15) is 59.3 Å². The number of nitrogens with zero attached hydrogens (tertiary/aromatic N) is 2. The van der Waals surface area contributed by atoms with Crippen LogP contribution in [-0.2, 0) is 0 Å². The Morgan fingerprint density at radius 1 is 1.22 bits per heavy atom. The molecule has 0 aromatic heterocycles. The molecule has 0 bridgehead atoms. The first-order valence-electron chi connectivity index (χ1n) is 7.57. The van der Waals surface area contributed by atoms with E-state index in [1.807, 2.05) is 0 Å². The lowest BCUT2D eigenvalue weighted by atomic mass is 9.85. The fourth-order valence-electron chi connectivity index (χ4n) is 3.11. The van der Waals surface area contributed by atoms with E-state index in [2.05, 4.69) is 37.1 Å². The molecule has 1 N–H and O–H groups in total. The van der Waals surface area contributed by atoms with Crippen LogP contribution in [-0.4, -0.2) is 36.1 Å². The van der Waals surface area contributed by atoms with Crippen molar-refractivity contribution in [3.05, 3.63) is 0 Å². The van der Waals surface area contributed by atoms with E-state index in [1.165, 1.54) is 19.3 Å². The van der Waals surface area contributed by atoms with Crippen molar-refractivity contribution < 1.29 is 0 Å². The molecule has 18 heavy (non-hydrogen) atoms. The molecule has 0 saturated carbocycles. The van der Waals surface area contributed by atoms with E-state index < -0.39 is 0 Å². The lowest BCUT2D eigenvalue weighted by Gasteiger charge is -2.45. The lowest BCUT2D eigenvalue weighted by molar-refractivity contribution is 0.0519. The molecule has 1 fully saturated rings. The van der Waals surface area contributed by atoms with Crippen LogP contribution in [0.5, 0.6) is 0 Å². The van der Waals surface area contributed by atoms with Gasteiger partial charge in [0.1, 0.15) is 0 Å². The molecule has 1 aliphatic rings. The van der Waals surface area contributed by atoms with Gasteiger partial charge in [-0.15, -0.1) is 0 Å². The summed E-state index contributed by atoms with van der Waals surface area (Å²) >= 11 is 0. The van der Waals surface area contributed by atoms with Gasteiger partial charge in [0.05, 0.1) is 12.5 Å². The Hall–Kier alpha value is -0.590. The third-order valence-electron chi connectivity index (χ3n) is 4.57. The van der Waals surface area contributed by atoms with Crippen LogP contribution in [0, 0.1) is 11.3 Å². The molecular formula is C15H29N3. The summed E-state index contributed by atoms with van der Waals surface area (Å²) in [4.78, 5) is 2.57. The molecule has 0 aliphatic carbocycles.